The maximum Gasteiger partial charge on any atom is 0.320 e. The number of benzene rings is 1. The van der Waals surface area contributed by atoms with Gasteiger partial charge in [-0.2, -0.15) is 0 Å². The van der Waals surface area contributed by atoms with E-state index in [9.17, 15) is 4.79 Å². The number of nitrogens with one attached hydrogen (secondary N) is 1. The van der Waals surface area contributed by atoms with Crippen LogP contribution in [0.2, 0.25) is 0 Å². The number of rotatable bonds is 7. The molecule has 1 atom stereocenters. The summed E-state index contributed by atoms with van der Waals surface area (Å²) in [4.78, 5) is 10.9. The molecule has 1 aromatic rings. The quantitative estimate of drug-likeness (QED) is 0.688. The van der Waals surface area contributed by atoms with Gasteiger partial charge in [0.05, 0.1) is 0 Å². The molecule has 3 nitrogen and oxygen atoms in total. The summed E-state index contributed by atoms with van der Waals surface area (Å²) in [5.74, 6) is -0.808. The van der Waals surface area contributed by atoms with E-state index >= 15 is 0 Å². The molecule has 0 heterocycles. The molecule has 0 saturated heterocycles. The molecule has 0 aliphatic heterocycles. The van der Waals surface area contributed by atoms with E-state index in [1.807, 2.05) is 30.3 Å². The maximum atomic E-state index is 10.9. The molecule has 0 aliphatic rings. The van der Waals surface area contributed by atoms with E-state index < -0.39 is 12.0 Å². The van der Waals surface area contributed by atoms with Gasteiger partial charge in [0.1, 0.15) is 6.04 Å². The van der Waals surface area contributed by atoms with Gasteiger partial charge in [-0.3, -0.25) is 4.79 Å². The number of aryl methyl sites for hydroxylation is 1. The van der Waals surface area contributed by atoms with Crippen LogP contribution in [-0.2, 0) is 11.2 Å². The van der Waals surface area contributed by atoms with Gasteiger partial charge in [0.2, 0.25) is 0 Å². The van der Waals surface area contributed by atoms with Crippen LogP contribution in [0.1, 0.15) is 12.0 Å². The maximum absolute atomic E-state index is 10.9. The molecule has 0 unspecified atom stereocenters. The van der Waals surface area contributed by atoms with Crippen molar-refractivity contribution in [3.8, 4) is 0 Å². The SMILES string of the molecule is C=CCN[C@@H](CCc1ccccc1)C(=O)O. The molecule has 0 saturated carbocycles. The molecule has 1 rings (SSSR count). The van der Waals surface area contributed by atoms with Crippen molar-refractivity contribution in [2.75, 3.05) is 6.54 Å². The van der Waals surface area contributed by atoms with E-state index in [2.05, 4.69) is 11.9 Å². The van der Waals surface area contributed by atoms with E-state index in [1.54, 1.807) is 6.08 Å². The highest BCUT2D eigenvalue weighted by Gasteiger charge is 2.15. The van der Waals surface area contributed by atoms with Crippen LogP contribution in [0.5, 0.6) is 0 Å². The molecule has 0 bridgehead atoms. The van der Waals surface area contributed by atoms with Crippen LogP contribution < -0.4 is 5.32 Å². The van der Waals surface area contributed by atoms with Gasteiger partial charge in [-0.15, -0.1) is 6.58 Å². The molecule has 0 aliphatic carbocycles. The van der Waals surface area contributed by atoms with Crippen LogP contribution in [0.4, 0.5) is 0 Å². The van der Waals surface area contributed by atoms with Crippen molar-refractivity contribution in [2.24, 2.45) is 0 Å². The fourth-order valence-corrected chi connectivity index (χ4v) is 1.49. The van der Waals surface area contributed by atoms with Crippen molar-refractivity contribution in [1.82, 2.24) is 5.32 Å². The monoisotopic (exact) mass is 219 g/mol. The molecule has 86 valence electrons. The van der Waals surface area contributed by atoms with Gasteiger partial charge in [-0.1, -0.05) is 36.4 Å². The molecular weight excluding hydrogens is 202 g/mol. The minimum absolute atomic E-state index is 0.502. The highest BCUT2D eigenvalue weighted by Crippen LogP contribution is 2.05. The topological polar surface area (TPSA) is 49.3 Å². The zero-order chi connectivity index (χ0) is 11.8. The molecule has 16 heavy (non-hydrogen) atoms. The molecule has 2 N–H and O–H groups in total. The largest absolute Gasteiger partial charge is 0.480 e. The Kier molecular flexibility index (Phi) is 5.29. The van der Waals surface area contributed by atoms with Crippen molar-refractivity contribution in [2.45, 2.75) is 18.9 Å². The zero-order valence-electron chi connectivity index (χ0n) is 9.23. The summed E-state index contributed by atoms with van der Waals surface area (Å²) in [6.45, 7) is 4.07. The van der Waals surface area contributed by atoms with Crippen LogP contribution in [-0.4, -0.2) is 23.7 Å². The molecule has 0 spiro atoms. The Morgan fingerprint density at radius 1 is 1.44 bits per heavy atom. The summed E-state index contributed by atoms with van der Waals surface area (Å²) in [6.07, 6.45) is 3.02. The van der Waals surface area contributed by atoms with Crippen molar-refractivity contribution in [1.29, 1.82) is 0 Å². The lowest BCUT2D eigenvalue weighted by atomic mass is 10.1. The third kappa shape index (κ3) is 4.28. The summed E-state index contributed by atoms with van der Waals surface area (Å²) in [5, 5.41) is 11.9. The smallest absolute Gasteiger partial charge is 0.320 e. The average Bonchev–Trinajstić information content (AvgIpc) is 2.30. The lowest BCUT2D eigenvalue weighted by molar-refractivity contribution is -0.139. The molecule has 0 radical (unpaired) electrons. The Bertz CT molecular complexity index is 335. The lowest BCUT2D eigenvalue weighted by Gasteiger charge is -2.12. The van der Waals surface area contributed by atoms with Gasteiger partial charge in [-0.05, 0) is 18.4 Å². The fourth-order valence-electron chi connectivity index (χ4n) is 1.49. The third-order valence-corrected chi connectivity index (χ3v) is 2.37. The number of carboxylic acids is 1. The Hall–Kier alpha value is -1.61. The standard InChI is InChI=1S/C13H17NO2/c1-2-10-14-12(13(15)16)9-8-11-6-4-3-5-7-11/h2-7,12,14H,1,8-10H2,(H,15,16)/t12-/m0/s1. The Morgan fingerprint density at radius 2 is 2.12 bits per heavy atom. The second kappa shape index (κ2) is 6.80. The molecule has 0 aromatic heterocycles. The van der Waals surface area contributed by atoms with Crippen molar-refractivity contribution >= 4 is 5.97 Å². The van der Waals surface area contributed by atoms with Gasteiger partial charge < -0.3 is 10.4 Å². The first-order valence-electron chi connectivity index (χ1n) is 5.35. The second-order valence-electron chi connectivity index (χ2n) is 3.61. The Labute approximate surface area is 95.8 Å². The summed E-state index contributed by atoms with van der Waals surface area (Å²) in [7, 11) is 0. The normalized spacial score (nSPS) is 12.0. The second-order valence-corrected chi connectivity index (χ2v) is 3.61. The van der Waals surface area contributed by atoms with Gasteiger partial charge in [0, 0.05) is 6.54 Å². The van der Waals surface area contributed by atoms with E-state index in [0.29, 0.717) is 13.0 Å². The van der Waals surface area contributed by atoms with Gasteiger partial charge >= 0.3 is 5.97 Å². The Morgan fingerprint density at radius 3 is 2.69 bits per heavy atom. The highest BCUT2D eigenvalue weighted by atomic mass is 16.4. The fraction of sp³-hybridized carbons (Fsp3) is 0.308. The number of hydrogen-bond acceptors (Lipinski definition) is 2. The summed E-state index contributed by atoms with van der Waals surface area (Å²) in [6, 6.07) is 9.38. The average molecular weight is 219 g/mol. The molecular formula is C13H17NO2. The third-order valence-electron chi connectivity index (χ3n) is 2.37. The van der Waals surface area contributed by atoms with Crippen LogP contribution >= 0.6 is 0 Å². The Balaban J connectivity index is 2.43. The zero-order valence-corrected chi connectivity index (χ0v) is 9.23. The van der Waals surface area contributed by atoms with Gasteiger partial charge in [0.25, 0.3) is 0 Å². The van der Waals surface area contributed by atoms with Crippen LogP contribution in [0, 0.1) is 0 Å². The van der Waals surface area contributed by atoms with Gasteiger partial charge in [0.15, 0.2) is 0 Å². The van der Waals surface area contributed by atoms with Crippen molar-refractivity contribution < 1.29 is 9.90 Å². The van der Waals surface area contributed by atoms with Crippen LogP contribution in [0.15, 0.2) is 43.0 Å². The highest BCUT2D eigenvalue weighted by molar-refractivity contribution is 5.73. The van der Waals surface area contributed by atoms with Gasteiger partial charge in [-0.25, -0.2) is 0 Å². The van der Waals surface area contributed by atoms with Crippen LogP contribution in [0.3, 0.4) is 0 Å². The molecule has 0 fully saturated rings. The number of hydrogen-bond donors (Lipinski definition) is 2. The van der Waals surface area contributed by atoms with E-state index in [0.717, 1.165) is 12.0 Å². The minimum Gasteiger partial charge on any atom is -0.480 e. The molecule has 0 amide bonds. The minimum atomic E-state index is -0.808. The number of carbonyl (C=O) groups is 1. The summed E-state index contributed by atoms with van der Waals surface area (Å²) >= 11 is 0. The molecule has 3 heteroatoms. The lowest BCUT2D eigenvalue weighted by Crippen LogP contribution is -2.37. The van der Waals surface area contributed by atoms with Crippen molar-refractivity contribution in [3.63, 3.8) is 0 Å². The summed E-state index contributed by atoms with van der Waals surface area (Å²) < 4.78 is 0. The van der Waals surface area contributed by atoms with Crippen LogP contribution in [0.25, 0.3) is 0 Å². The first kappa shape index (κ1) is 12.5. The molecule has 1 aromatic carbocycles. The predicted octanol–water partition coefficient (Wildman–Crippen LogP) is 1.85. The first-order chi connectivity index (χ1) is 7.74. The number of carboxylic acid groups (broad SMARTS) is 1. The summed E-state index contributed by atoms with van der Waals surface area (Å²) in [5.41, 5.74) is 1.16. The van der Waals surface area contributed by atoms with E-state index in [-0.39, 0.29) is 0 Å². The number of aliphatic carboxylic acids is 1. The first-order valence-corrected chi connectivity index (χ1v) is 5.35. The van der Waals surface area contributed by atoms with E-state index in [4.69, 9.17) is 5.11 Å². The van der Waals surface area contributed by atoms with Crippen molar-refractivity contribution in [3.05, 3.63) is 48.6 Å². The van der Waals surface area contributed by atoms with E-state index in [1.165, 1.54) is 0 Å². The predicted molar refractivity (Wildman–Crippen MR) is 64.4 cm³/mol.